The van der Waals surface area contributed by atoms with E-state index in [1.54, 1.807) is 5.32 Å². The molecule has 0 aromatic rings. The molecule has 0 spiro atoms. The van der Waals surface area contributed by atoms with Crippen LogP contribution in [0.3, 0.4) is 0 Å². The summed E-state index contributed by atoms with van der Waals surface area (Å²) in [5, 5.41) is 32.8. The number of rotatable bonds is 4. The van der Waals surface area contributed by atoms with Crippen molar-refractivity contribution < 1.29 is 42.8 Å². The van der Waals surface area contributed by atoms with Gasteiger partial charge in [-0.2, -0.15) is 13.2 Å². The third-order valence-electron chi connectivity index (χ3n) is 4.79. The second-order valence-corrected chi connectivity index (χ2v) is 6.48. The van der Waals surface area contributed by atoms with E-state index in [1.165, 1.54) is 19.9 Å². The first-order chi connectivity index (χ1) is 10.9. The van der Waals surface area contributed by atoms with Crippen LogP contribution in [0, 0.1) is 5.41 Å². The molecule has 0 radical (unpaired) electrons. The predicted molar refractivity (Wildman–Crippen MR) is 73.5 cm³/mol. The highest BCUT2D eigenvalue weighted by molar-refractivity contribution is 5.82. The highest BCUT2D eigenvalue weighted by Crippen LogP contribution is 2.56. The van der Waals surface area contributed by atoms with Crippen LogP contribution in [0.4, 0.5) is 13.2 Å². The monoisotopic (exact) mass is 355 g/mol. The second-order valence-electron chi connectivity index (χ2n) is 6.48. The van der Waals surface area contributed by atoms with E-state index in [-0.39, 0.29) is 6.61 Å². The number of aliphatic hydroxyl groups is 3. The number of carbonyl (C=O) groups excluding carboxylic acids is 1. The first-order valence-corrected chi connectivity index (χ1v) is 7.23. The Balaban J connectivity index is 2.30. The number of alkyl halides is 3. The van der Waals surface area contributed by atoms with Gasteiger partial charge in [0.05, 0.1) is 12.7 Å². The summed E-state index contributed by atoms with van der Waals surface area (Å²) in [5.74, 6) is -2.30. The molecule has 2 aliphatic rings. The number of hydrogen-bond acceptors (Lipinski definition) is 6. The lowest BCUT2D eigenvalue weighted by atomic mass is 9.50. The third-order valence-corrected chi connectivity index (χ3v) is 4.79. The van der Waals surface area contributed by atoms with Gasteiger partial charge in [0, 0.05) is 5.41 Å². The predicted octanol–water partition coefficient (Wildman–Crippen LogP) is -0.546. The third kappa shape index (κ3) is 2.62. The molecular weight excluding hydrogens is 335 g/mol. The topological polar surface area (TPSA) is 108 Å². The zero-order chi connectivity index (χ0) is 18.5. The quantitative estimate of drug-likeness (QED) is 0.504. The number of ether oxygens (including phenoxy) is 2. The molecule has 1 saturated carbocycles. The van der Waals surface area contributed by atoms with E-state index in [2.05, 4.69) is 6.58 Å². The van der Waals surface area contributed by atoms with Crippen LogP contribution in [-0.2, 0) is 14.3 Å². The molecule has 0 bridgehead atoms. The van der Waals surface area contributed by atoms with Crippen molar-refractivity contribution in [3.8, 4) is 0 Å². The zero-order valence-electron chi connectivity index (χ0n) is 13.1. The van der Waals surface area contributed by atoms with Gasteiger partial charge in [-0.25, -0.2) is 0 Å². The molecule has 1 saturated heterocycles. The van der Waals surface area contributed by atoms with E-state index in [0.717, 1.165) is 0 Å². The van der Waals surface area contributed by atoms with Crippen LogP contribution in [0.25, 0.3) is 0 Å². The van der Waals surface area contributed by atoms with Crippen LogP contribution in [0.2, 0.25) is 0 Å². The summed E-state index contributed by atoms with van der Waals surface area (Å²) in [6.45, 7) is 6.09. The van der Waals surface area contributed by atoms with E-state index in [4.69, 9.17) is 9.47 Å². The molecule has 1 unspecified atom stereocenters. The molecule has 138 valence electrons. The minimum atomic E-state index is -5.18. The lowest BCUT2D eigenvalue weighted by molar-refractivity contribution is -0.405. The first kappa shape index (κ1) is 19.1. The van der Waals surface area contributed by atoms with Gasteiger partial charge < -0.3 is 30.1 Å². The van der Waals surface area contributed by atoms with Gasteiger partial charge in [-0.15, -0.1) is 6.58 Å². The maximum Gasteiger partial charge on any atom is 0.471 e. The average Bonchev–Trinajstić information content (AvgIpc) is 2.49. The standard InChI is InChI=1S/C14H20F3NO6/c1-4-5-23-10-6(18-11(21)14(15,16)17)7(19)13(22)9(24-10)8(20)12(13,2)3/h4,6-10,19-20,22H,1,5H2,2-3H3,(H,18,21)/t6-,7-,8?,9-,10+,13+/m1/s1. The Bertz CT molecular complexity index is 525. The minimum absolute atomic E-state index is 0.138. The summed E-state index contributed by atoms with van der Waals surface area (Å²) in [7, 11) is 0. The van der Waals surface area contributed by atoms with Crippen molar-refractivity contribution >= 4 is 5.91 Å². The molecule has 2 fully saturated rings. The van der Waals surface area contributed by atoms with E-state index < -0.39 is 53.7 Å². The number of fused-ring (bicyclic) bond motifs is 1. The van der Waals surface area contributed by atoms with Crippen molar-refractivity contribution in [1.29, 1.82) is 0 Å². The van der Waals surface area contributed by atoms with E-state index >= 15 is 0 Å². The Labute approximate surface area is 136 Å². The number of hydrogen-bond donors (Lipinski definition) is 4. The normalized spacial score (nSPS) is 41.1. The van der Waals surface area contributed by atoms with Gasteiger partial charge in [-0.3, -0.25) is 4.79 Å². The van der Waals surface area contributed by atoms with Crippen LogP contribution in [0.5, 0.6) is 0 Å². The van der Waals surface area contributed by atoms with Gasteiger partial charge in [-0.1, -0.05) is 19.9 Å². The number of amides is 1. The highest BCUT2D eigenvalue weighted by Gasteiger charge is 2.75. The molecular formula is C14H20F3NO6. The maximum atomic E-state index is 12.5. The van der Waals surface area contributed by atoms with Gasteiger partial charge in [0.1, 0.15) is 23.9 Å². The Morgan fingerprint density at radius 1 is 1.38 bits per heavy atom. The molecule has 7 nitrogen and oxygen atoms in total. The van der Waals surface area contributed by atoms with Gasteiger partial charge in [0.15, 0.2) is 6.29 Å². The molecule has 10 heteroatoms. The van der Waals surface area contributed by atoms with Crippen molar-refractivity contribution in [1.82, 2.24) is 5.32 Å². The number of nitrogens with one attached hydrogen (secondary N) is 1. The van der Waals surface area contributed by atoms with Crippen molar-refractivity contribution in [3.05, 3.63) is 12.7 Å². The van der Waals surface area contributed by atoms with Gasteiger partial charge in [0.25, 0.3) is 0 Å². The SMILES string of the molecule is C=CCO[C@H]1O[C@@H]2C(O)C(C)(C)[C@]2(O)[C@H](O)[C@H]1NC(=O)C(F)(F)F. The van der Waals surface area contributed by atoms with Crippen LogP contribution in [0.1, 0.15) is 13.8 Å². The Morgan fingerprint density at radius 2 is 1.96 bits per heavy atom. The van der Waals surface area contributed by atoms with Gasteiger partial charge >= 0.3 is 12.1 Å². The fraction of sp³-hybridized carbons (Fsp3) is 0.786. The average molecular weight is 355 g/mol. The molecule has 1 amide bonds. The molecule has 1 aliphatic carbocycles. The van der Waals surface area contributed by atoms with Crippen molar-refractivity contribution in [2.75, 3.05) is 6.61 Å². The molecule has 1 aliphatic heterocycles. The van der Waals surface area contributed by atoms with Crippen LogP contribution in [0.15, 0.2) is 12.7 Å². The number of halogens is 3. The van der Waals surface area contributed by atoms with E-state index in [0.29, 0.717) is 0 Å². The van der Waals surface area contributed by atoms with E-state index in [1.807, 2.05) is 0 Å². The fourth-order valence-corrected chi connectivity index (χ4v) is 3.19. The molecule has 6 atom stereocenters. The second kappa shape index (κ2) is 5.95. The summed E-state index contributed by atoms with van der Waals surface area (Å²) < 4.78 is 48.0. The summed E-state index contributed by atoms with van der Waals surface area (Å²) in [6, 6.07) is -1.69. The smallest absolute Gasteiger partial charge is 0.390 e. The largest absolute Gasteiger partial charge is 0.471 e. The van der Waals surface area contributed by atoms with Gasteiger partial charge in [0.2, 0.25) is 0 Å². The zero-order valence-corrected chi connectivity index (χ0v) is 13.1. The fourth-order valence-electron chi connectivity index (χ4n) is 3.19. The van der Waals surface area contributed by atoms with Crippen molar-refractivity contribution in [3.63, 3.8) is 0 Å². The minimum Gasteiger partial charge on any atom is -0.390 e. The van der Waals surface area contributed by atoms with Crippen LogP contribution < -0.4 is 5.32 Å². The lowest BCUT2D eigenvalue weighted by Gasteiger charge is -2.66. The molecule has 2 rings (SSSR count). The van der Waals surface area contributed by atoms with Crippen molar-refractivity contribution in [2.45, 2.75) is 56.3 Å². The Morgan fingerprint density at radius 3 is 2.46 bits per heavy atom. The van der Waals surface area contributed by atoms with Crippen LogP contribution >= 0.6 is 0 Å². The molecule has 0 aromatic heterocycles. The van der Waals surface area contributed by atoms with Crippen LogP contribution in [-0.4, -0.2) is 70.3 Å². The molecule has 0 aromatic carbocycles. The molecule has 4 N–H and O–H groups in total. The highest BCUT2D eigenvalue weighted by atomic mass is 19.4. The van der Waals surface area contributed by atoms with E-state index in [9.17, 15) is 33.3 Å². The number of aliphatic hydroxyl groups excluding tert-OH is 2. The summed E-state index contributed by atoms with van der Waals surface area (Å²) in [6.07, 6.45) is -9.68. The summed E-state index contributed by atoms with van der Waals surface area (Å²) in [4.78, 5) is 11.2. The van der Waals surface area contributed by atoms with Crippen molar-refractivity contribution in [2.24, 2.45) is 5.41 Å². The molecule has 1 heterocycles. The molecule has 24 heavy (non-hydrogen) atoms. The van der Waals surface area contributed by atoms with Gasteiger partial charge in [-0.05, 0) is 0 Å². The Hall–Kier alpha value is -1.20. The Kier molecular flexibility index (Phi) is 4.75. The number of carbonyl (C=O) groups is 1. The summed E-state index contributed by atoms with van der Waals surface area (Å²) in [5.41, 5.74) is -3.31. The lowest BCUT2D eigenvalue weighted by Crippen LogP contribution is -2.86. The maximum absolute atomic E-state index is 12.5. The first-order valence-electron chi connectivity index (χ1n) is 7.23. The summed E-state index contributed by atoms with van der Waals surface area (Å²) >= 11 is 0.